The van der Waals surface area contributed by atoms with Gasteiger partial charge in [-0.1, -0.05) is 0 Å². The van der Waals surface area contributed by atoms with Crippen LogP contribution in [0.1, 0.15) is 25.0 Å². The minimum absolute atomic E-state index is 0.492. The Morgan fingerprint density at radius 1 is 1.15 bits per heavy atom. The largest absolute Gasteiger partial charge is 0.380 e. The molecule has 0 aliphatic rings. The molecule has 0 fully saturated rings. The summed E-state index contributed by atoms with van der Waals surface area (Å²) in [5, 5.41) is 0. The van der Waals surface area contributed by atoms with Crippen molar-refractivity contribution in [2.75, 3.05) is 44.4 Å². The molecular formula is C15H25ClN2O2. The molecule has 0 saturated heterocycles. The Morgan fingerprint density at radius 2 is 1.75 bits per heavy atom. The number of alkyl halides is 1. The Morgan fingerprint density at radius 3 is 2.20 bits per heavy atom. The van der Waals surface area contributed by atoms with Gasteiger partial charge in [-0.15, -0.1) is 11.6 Å². The van der Waals surface area contributed by atoms with Crippen LogP contribution in [0.15, 0.2) is 12.3 Å². The van der Waals surface area contributed by atoms with Gasteiger partial charge in [0.25, 0.3) is 0 Å². The zero-order valence-corrected chi connectivity index (χ0v) is 13.4. The lowest BCUT2D eigenvalue weighted by atomic mass is 10.2. The van der Waals surface area contributed by atoms with E-state index in [0.29, 0.717) is 19.1 Å². The van der Waals surface area contributed by atoms with E-state index in [2.05, 4.69) is 22.9 Å². The summed E-state index contributed by atoms with van der Waals surface area (Å²) in [5.74, 6) is 1.48. The van der Waals surface area contributed by atoms with E-state index in [9.17, 15) is 0 Å². The number of ether oxygens (including phenoxy) is 2. The smallest absolute Gasteiger partial charge is 0.131 e. The first-order valence-corrected chi connectivity index (χ1v) is 7.68. The molecule has 1 aromatic heterocycles. The molecule has 0 aliphatic heterocycles. The van der Waals surface area contributed by atoms with Crippen LogP contribution in [0, 0.1) is 6.92 Å². The zero-order valence-electron chi connectivity index (χ0n) is 12.7. The second-order valence-corrected chi connectivity index (χ2v) is 4.77. The number of nitrogens with zero attached hydrogens (tertiary/aromatic N) is 2. The molecule has 0 N–H and O–H groups in total. The lowest BCUT2D eigenvalue weighted by molar-refractivity contribution is 0.141. The molecule has 0 spiro atoms. The fourth-order valence-corrected chi connectivity index (χ4v) is 2.14. The van der Waals surface area contributed by atoms with Gasteiger partial charge in [0.05, 0.1) is 13.2 Å². The Bertz CT molecular complexity index is 378. The second-order valence-electron chi connectivity index (χ2n) is 4.50. The van der Waals surface area contributed by atoms with Crippen molar-refractivity contribution in [3.05, 3.63) is 23.4 Å². The summed E-state index contributed by atoms with van der Waals surface area (Å²) >= 11 is 5.84. The van der Waals surface area contributed by atoms with Crippen LogP contribution in [0.25, 0.3) is 0 Å². The molecule has 0 bridgehead atoms. The second kappa shape index (κ2) is 9.97. The van der Waals surface area contributed by atoms with Gasteiger partial charge < -0.3 is 14.4 Å². The number of anilines is 1. The summed E-state index contributed by atoms with van der Waals surface area (Å²) in [5.41, 5.74) is 2.18. The van der Waals surface area contributed by atoms with Crippen molar-refractivity contribution in [2.45, 2.75) is 26.7 Å². The molecule has 5 heteroatoms. The van der Waals surface area contributed by atoms with Crippen molar-refractivity contribution in [2.24, 2.45) is 0 Å². The molecule has 20 heavy (non-hydrogen) atoms. The number of hydrogen-bond donors (Lipinski definition) is 0. The van der Waals surface area contributed by atoms with Crippen molar-refractivity contribution < 1.29 is 9.47 Å². The van der Waals surface area contributed by atoms with E-state index >= 15 is 0 Å². The van der Waals surface area contributed by atoms with E-state index in [1.54, 1.807) is 0 Å². The molecule has 1 rings (SSSR count). The Balaban J connectivity index is 2.73. The summed E-state index contributed by atoms with van der Waals surface area (Å²) in [6.07, 6.45) is 1.84. The monoisotopic (exact) mass is 300 g/mol. The molecule has 0 aliphatic carbocycles. The first-order chi connectivity index (χ1) is 9.72. The highest BCUT2D eigenvalue weighted by atomic mass is 35.5. The van der Waals surface area contributed by atoms with Crippen molar-refractivity contribution in [1.82, 2.24) is 4.98 Å². The zero-order chi connectivity index (χ0) is 14.8. The van der Waals surface area contributed by atoms with Gasteiger partial charge in [-0.3, -0.25) is 0 Å². The average Bonchev–Trinajstić information content (AvgIpc) is 2.46. The third-order valence-electron chi connectivity index (χ3n) is 2.98. The van der Waals surface area contributed by atoms with Gasteiger partial charge in [-0.25, -0.2) is 4.98 Å². The lowest BCUT2D eigenvalue weighted by Gasteiger charge is -2.25. The molecule has 1 aromatic rings. The van der Waals surface area contributed by atoms with Gasteiger partial charge in [0, 0.05) is 38.4 Å². The summed E-state index contributed by atoms with van der Waals surface area (Å²) in [7, 11) is 0. The molecule has 0 atom stereocenters. The van der Waals surface area contributed by atoms with Crippen LogP contribution in [0.5, 0.6) is 0 Å². The van der Waals surface area contributed by atoms with E-state index in [1.165, 1.54) is 0 Å². The third kappa shape index (κ3) is 5.65. The van der Waals surface area contributed by atoms with Crippen LogP contribution in [0.2, 0.25) is 0 Å². The van der Waals surface area contributed by atoms with Gasteiger partial charge in [-0.2, -0.15) is 0 Å². The molecule has 4 nitrogen and oxygen atoms in total. The van der Waals surface area contributed by atoms with Crippen LogP contribution < -0.4 is 4.90 Å². The number of hydrogen-bond acceptors (Lipinski definition) is 4. The summed E-state index contributed by atoms with van der Waals surface area (Å²) in [6.45, 7) is 10.6. The van der Waals surface area contributed by atoms with Crippen molar-refractivity contribution in [3.63, 3.8) is 0 Å². The molecule has 0 unspecified atom stereocenters. The predicted molar refractivity (Wildman–Crippen MR) is 83.7 cm³/mol. The number of aryl methyl sites for hydroxylation is 1. The Labute approximate surface area is 127 Å². The molecule has 114 valence electrons. The highest BCUT2D eigenvalue weighted by Gasteiger charge is 2.11. The summed E-state index contributed by atoms with van der Waals surface area (Å²) in [4.78, 5) is 6.74. The molecular weight excluding hydrogens is 276 g/mol. The van der Waals surface area contributed by atoms with Crippen molar-refractivity contribution in [3.8, 4) is 0 Å². The van der Waals surface area contributed by atoms with E-state index in [1.807, 2.05) is 20.0 Å². The minimum Gasteiger partial charge on any atom is -0.380 e. The van der Waals surface area contributed by atoms with Gasteiger partial charge in [0.15, 0.2) is 0 Å². The van der Waals surface area contributed by atoms with E-state index in [4.69, 9.17) is 21.1 Å². The van der Waals surface area contributed by atoms with Gasteiger partial charge in [0.1, 0.15) is 5.82 Å². The SMILES string of the molecule is CCOCCN(CCOCC)c1ncc(CCl)cc1C. The topological polar surface area (TPSA) is 34.6 Å². The van der Waals surface area contributed by atoms with Crippen LogP contribution in [0.4, 0.5) is 5.82 Å². The van der Waals surface area contributed by atoms with Crippen LogP contribution in [-0.4, -0.2) is 44.5 Å². The molecule has 0 radical (unpaired) electrons. The molecule has 0 saturated carbocycles. The first kappa shape index (κ1) is 17.2. The third-order valence-corrected chi connectivity index (χ3v) is 3.29. The number of aromatic nitrogens is 1. The average molecular weight is 301 g/mol. The van der Waals surface area contributed by atoms with Crippen LogP contribution in [0.3, 0.4) is 0 Å². The van der Waals surface area contributed by atoms with Crippen molar-refractivity contribution in [1.29, 1.82) is 0 Å². The lowest BCUT2D eigenvalue weighted by Crippen LogP contribution is -2.32. The van der Waals surface area contributed by atoms with E-state index < -0.39 is 0 Å². The van der Waals surface area contributed by atoms with Crippen LogP contribution in [-0.2, 0) is 15.4 Å². The maximum atomic E-state index is 5.84. The van der Waals surface area contributed by atoms with E-state index in [0.717, 1.165) is 43.2 Å². The standard InChI is InChI=1S/C15H25ClN2O2/c1-4-19-8-6-18(7-9-20-5-2)15-13(3)10-14(11-16)12-17-15/h10,12H,4-9,11H2,1-3H3. The Hall–Kier alpha value is -0.840. The molecule has 0 amide bonds. The number of halogens is 1. The number of pyridine rings is 1. The Kier molecular flexibility index (Phi) is 8.58. The van der Waals surface area contributed by atoms with E-state index in [-0.39, 0.29) is 0 Å². The van der Waals surface area contributed by atoms with Gasteiger partial charge in [0.2, 0.25) is 0 Å². The fraction of sp³-hybridized carbons (Fsp3) is 0.667. The maximum absolute atomic E-state index is 5.84. The van der Waals surface area contributed by atoms with Crippen LogP contribution >= 0.6 is 11.6 Å². The number of rotatable bonds is 10. The van der Waals surface area contributed by atoms with Crippen molar-refractivity contribution >= 4 is 17.4 Å². The highest BCUT2D eigenvalue weighted by molar-refractivity contribution is 6.17. The highest BCUT2D eigenvalue weighted by Crippen LogP contribution is 2.18. The maximum Gasteiger partial charge on any atom is 0.131 e. The predicted octanol–water partition coefficient (Wildman–Crippen LogP) is 3.01. The first-order valence-electron chi connectivity index (χ1n) is 7.14. The quantitative estimate of drug-likeness (QED) is 0.491. The molecule has 0 aromatic carbocycles. The molecule has 1 heterocycles. The normalized spacial score (nSPS) is 10.8. The van der Waals surface area contributed by atoms with Gasteiger partial charge >= 0.3 is 0 Å². The fourth-order valence-electron chi connectivity index (χ4n) is 1.99. The summed E-state index contributed by atoms with van der Waals surface area (Å²) in [6, 6.07) is 2.09. The van der Waals surface area contributed by atoms with Gasteiger partial charge in [-0.05, 0) is 38.0 Å². The minimum atomic E-state index is 0.492. The summed E-state index contributed by atoms with van der Waals surface area (Å²) < 4.78 is 10.9.